The average molecular weight is 404 g/mol. The van der Waals surface area contributed by atoms with E-state index in [1.807, 2.05) is 6.92 Å². The molecular weight excluding hydrogens is 385 g/mol. The highest BCUT2D eigenvalue weighted by atomic mass is 35.5. The van der Waals surface area contributed by atoms with Gasteiger partial charge in [0.25, 0.3) is 5.91 Å². The Balaban J connectivity index is 2.32. The maximum atomic E-state index is 14.1. The fourth-order valence-electron chi connectivity index (χ4n) is 3.55. The monoisotopic (exact) mass is 403 g/mol. The summed E-state index contributed by atoms with van der Waals surface area (Å²) in [5.41, 5.74) is 1.35. The van der Waals surface area contributed by atoms with Crippen LogP contribution in [0.3, 0.4) is 0 Å². The van der Waals surface area contributed by atoms with Crippen molar-refractivity contribution in [2.45, 2.75) is 32.6 Å². The second-order valence-corrected chi connectivity index (χ2v) is 7.08. The van der Waals surface area contributed by atoms with Crippen molar-refractivity contribution >= 4 is 34.4 Å². The zero-order valence-electron chi connectivity index (χ0n) is 15.4. The summed E-state index contributed by atoms with van der Waals surface area (Å²) in [5, 5.41) is 20.4. The first-order valence-electron chi connectivity index (χ1n) is 8.82. The lowest BCUT2D eigenvalue weighted by Crippen LogP contribution is -2.16. The largest absolute Gasteiger partial charge is 0.505 e. The molecule has 3 aromatic rings. The first-order valence-corrected chi connectivity index (χ1v) is 9.20. The number of halogens is 2. The minimum absolute atomic E-state index is 0.213. The molecule has 2 aromatic carbocycles. The van der Waals surface area contributed by atoms with E-state index in [4.69, 9.17) is 11.6 Å². The number of hydrogen-bond donors (Lipinski definition) is 2. The number of rotatable bonds is 5. The lowest BCUT2D eigenvalue weighted by molar-refractivity contribution is -0.139. The van der Waals surface area contributed by atoms with E-state index in [-0.39, 0.29) is 5.52 Å². The van der Waals surface area contributed by atoms with Crippen molar-refractivity contribution in [1.29, 1.82) is 0 Å². The van der Waals surface area contributed by atoms with Crippen molar-refractivity contribution in [2.75, 3.05) is 0 Å². The minimum Gasteiger partial charge on any atom is -0.505 e. The SMILES string of the molecule is CCCC(C(=O)O)c1c(C)n(C(=O)c2ccc(Cl)cc2)c2cc(F)c(O)cc12. The second-order valence-electron chi connectivity index (χ2n) is 6.65. The van der Waals surface area contributed by atoms with Gasteiger partial charge in [0, 0.05) is 27.7 Å². The lowest BCUT2D eigenvalue weighted by atomic mass is 9.92. The van der Waals surface area contributed by atoms with Crippen molar-refractivity contribution < 1.29 is 24.2 Å². The molecule has 1 aromatic heterocycles. The Morgan fingerprint density at radius 1 is 1.21 bits per heavy atom. The first-order chi connectivity index (χ1) is 13.3. The molecule has 7 heteroatoms. The molecule has 0 aliphatic carbocycles. The van der Waals surface area contributed by atoms with E-state index in [1.165, 1.54) is 10.6 Å². The van der Waals surface area contributed by atoms with Crippen LogP contribution in [0.5, 0.6) is 5.75 Å². The number of aromatic nitrogens is 1. The molecule has 0 bridgehead atoms. The smallest absolute Gasteiger partial charge is 0.311 e. The third-order valence-corrected chi connectivity index (χ3v) is 5.09. The number of benzene rings is 2. The number of aromatic hydroxyl groups is 1. The topological polar surface area (TPSA) is 79.5 Å². The number of hydrogen-bond acceptors (Lipinski definition) is 3. The van der Waals surface area contributed by atoms with Crippen LogP contribution in [0.2, 0.25) is 5.02 Å². The highest BCUT2D eigenvalue weighted by Crippen LogP contribution is 2.37. The van der Waals surface area contributed by atoms with Crippen LogP contribution in [0.25, 0.3) is 10.9 Å². The molecule has 0 spiro atoms. The average Bonchev–Trinajstić information content (AvgIpc) is 2.91. The van der Waals surface area contributed by atoms with Gasteiger partial charge in [0.2, 0.25) is 0 Å². The molecule has 1 unspecified atom stereocenters. The van der Waals surface area contributed by atoms with Crippen LogP contribution in [0, 0.1) is 12.7 Å². The van der Waals surface area contributed by atoms with Crippen LogP contribution in [0.1, 0.15) is 47.3 Å². The fourth-order valence-corrected chi connectivity index (χ4v) is 3.68. The number of aliphatic carboxylic acids is 1. The van der Waals surface area contributed by atoms with Gasteiger partial charge in [0.1, 0.15) is 0 Å². The number of carboxylic acids is 1. The Kier molecular flexibility index (Phi) is 5.42. The van der Waals surface area contributed by atoms with Crippen molar-refractivity contribution in [2.24, 2.45) is 0 Å². The van der Waals surface area contributed by atoms with E-state index < -0.39 is 29.4 Å². The standard InChI is InChI=1S/C21H19ClFNO4/c1-3-4-14(21(27)28)19-11(2)24(17-10-16(23)18(25)9-15(17)19)20(26)12-5-7-13(22)8-6-12/h5-10,14,25H,3-4H2,1-2H3,(H,27,28). The molecule has 0 fully saturated rings. The third kappa shape index (κ3) is 3.36. The molecule has 5 nitrogen and oxygen atoms in total. The zero-order valence-corrected chi connectivity index (χ0v) is 16.1. The summed E-state index contributed by atoms with van der Waals surface area (Å²) in [6, 6.07) is 8.48. The van der Waals surface area contributed by atoms with Crippen molar-refractivity contribution in [1.82, 2.24) is 4.57 Å². The summed E-state index contributed by atoms with van der Waals surface area (Å²) >= 11 is 5.88. The number of nitrogens with zero attached hydrogens (tertiary/aromatic N) is 1. The van der Waals surface area contributed by atoms with Gasteiger partial charge < -0.3 is 10.2 Å². The van der Waals surface area contributed by atoms with Gasteiger partial charge in [-0.3, -0.25) is 14.2 Å². The van der Waals surface area contributed by atoms with Gasteiger partial charge in [0.05, 0.1) is 11.4 Å². The van der Waals surface area contributed by atoms with Gasteiger partial charge in [-0.2, -0.15) is 0 Å². The summed E-state index contributed by atoms with van der Waals surface area (Å²) in [4.78, 5) is 25.0. The number of carboxylic acid groups (broad SMARTS) is 1. The quantitative estimate of drug-likeness (QED) is 0.620. The van der Waals surface area contributed by atoms with Crippen molar-refractivity contribution in [3.63, 3.8) is 0 Å². The summed E-state index contributed by atoms with van der Waals surface area (Å²) in [6.07, 6.45) is 0.962. The van der Waals surface area contributed by atoms with E-state index in [9.17, 15) is 24.2 Å². The molecule has 0 amide bonds. The normalized spacial score (nSPS) is 12.3. The fraction of sp³-hybridized carbons (Fsp3) is 0.238. The van der Waals surface area contributed by atoms with E-state index >= 15 is 0 Å². The van der Waals surface area contributed by atoms with Gasteiger partial charge in [-0.05, 0) is 49.2 Å². The van der Waals surface area contributed by atoms with Crippen LogP contribution in [-0.4, -0.2) is 26.7 Å². The summed E-state index contributed by atoms with van der Waals surface area (Å²) in [6.45, 7) is 3.49. The molecular formula is C21H19ClFNO4. The Bertz CT molecular complexity index is 1070. The molecule has 0 aliphatic rings. The number of carbonyl (C=O) groups excluding carboxylic acids is 1. The van der Waals surface area contributed by atoms with E-state index in [1.54, 1.807) is 31.2 Å². The van der Waals surface area contributed by atoms with E-state index in [0.717, 1.165) is 6.07 Å². The van der Waals surface area contributed by atoms with Crippen molar-refractivity contribution in [3.05, 3.63) is 64.1 Å². The van der Waals surface area contributed by atoms with Gasteiger partial charge in [-0.25, -0.2) is 4.39 Å². The van der Waals surface area contributed by atoms with Gasteiger partial charge in [-0.15, -0.1) is 0 Å². The Morgan fingerprint density at radius 2 is 1.86 bits per heavy atom. The molecule has 2 N–H and O–H groups in total. The second kappa shape index (κ2) is 7.64. The first kappa shape index (κ1) is 19.9. The Labute approximate surface area is 166 Å². The van der Waals surface area contributed by atoms with Crippen LogP contribution >= 0.6 is 11.6 Å². The molecule has 3 rings (SSSR count). The zero-order chi connectivity index (χ0) is 20.6. The highest BCUT2D eigenvalue weighted by molar-refractivity contribution is 6.30. The van der Waals surface area contributed by atoms with Gasteiger partial charge in [-0.1, -0.05) is 24.9 Å². The van der Waals surface area contributed by atoms with Gasteiger partial charge >= 0.3 is 5.97 Å². The van der Waals surface area contributed by atoms with Crippen LogP contribution < -0.4 is 0 Å². The molecule has 0 saturated carbocycles. The maximum absolute atomic E-state index is 14.1. The summed E-state index contributed by atoms with van der Waals surface area (Å²) < 4.78 is 15.4. The summed E-state index contributed by atoms with van der Waals surface area (Å²) in [5.74, 6) is -3.82. The maximum Gasteiger partial charge on any atom is 0.311 e. The van der Waals surface area contributed by atoms with E-state index in [2.05, 4.69) is 0 Å². The predicted octanol–water partition coefficient (Wildman–Crippen LogP) is 5.10. The molecule has 146 valence electrons. The molecule has 28 heavy (non-hydrogen) atoms. The van der Waals surface area contributed by atoms with Crippen LogP contribution in [-0.2, 0) is 4.79 Å². The van der Waals surface area contributed by atoms with Crippen LogP contribution in [0.4, 0.5) is 4.39 Å². The molecule has 1 atom stereocenters. The Morgan fingerprint density at radius 3 is 2.43 bits per heavy atom. The Hall–Kier alpha value is -2.86. The molecule has 0 aliphatic heterocycles. The number of fused-ring (bicyclic) bond motifs is 1. The third-order valence-electron chi connectivity index (χ3n) is 4.84. The molecule has 0 saturated heterocycles. The predicted molar refractivity (Wildman–Crippen MR) is 105 cm³/mol. The number of phenols is 1. The lowest BCUT2D eigenvalue weighted by Gasteiger charge is -2.13. The van der Waals surface area contributed by atoms with Crippen molar-refractivity contribution in [3.8, 4) is 5.75 Å². The summed E-state index contributed by atoms with van der Waals surface area (Å²) in [7, 11) is 0. The van der Waals surface area contributed by atoms with Gasteiger partial charge in [0.15, 0.2) is 11.6 Å². The number of carbonyl (C=O) groups is 2. The molecule has 0 radical (unpaired) electrons. The van der Waals surface area contributed by atoms with E-state index in [0.29, 0.717) is 40.1 Å². The highest BCUT2D eigenvalue weighted by Gasteiger charge is 2.29. The van der Waals surface area contributed by atoms with Crippen LogP contribution in [0.15, 0.2) is 36.4 Å². The molecule has 1 heterocycles. The number of phenolic OH excluding ortho intramolecular Hbond substituents is 1. The minimum atomic E-state index is -1.04.